The number of nitrogens with one attached hydrogen (secondary N) is 1. The lowest BCUT2D eigenvalue weighted by atomic mass is 10.2. The molecule has 0 aliphatic carbocycles. The van der Waals surface area contributed by atoms with Gasteiger partial charge in [0.25, 0.3) is 11.9 Å². The lowest BCUT2D eigenvalue weighted by Gasteiger charge is -2.14. The third-order valence-corrected chi connectivity index (χ3v) is 3.74. The summed E-state index contributed by atoms with van der Waals surface area (Å²) in [5.74, 6) is -1.16. The Morgan fingerprint density at radius 1 is 1.29 bits per heavy atom. The monoisotopic (exact) mass is 337 g/mol. The number of rotatable bonds is 7. The number of halogens is 1. The van der Waals surface area contributed by atoms with E-state index in [9.17, 15) is 9.18 Å². The van der Waals surface area contributed by atoms with Crippen LogP contribution in [0.5, 0.6) is 0 Å². The lowest BCUT2D eigenvalue weighted by molar-refractivity contribution is 0.0950. The summed E-state index contributed by atoms with van der Waals surface area (Å²) in [6.07, 6.45) is 2.43. The number of hydrogen-bond donors (Lipinski definition) is 1. The standard InChI is InChI=1S/C17H24FN3O3/c1-23-12-13-24-17(19-8-11-21-9-4-5-10-21)20-16(22)14-6-2-3-7-15(14)18/h2-3,6-7H,4-5,8-13H2,1H3,(H,19,20,22). The molecule has 0 bridgehead atoms. The molecule has 0 radical (unpaired) electrons. The minimum Gasteiger partial charge on any atom is -0.463 e. The molecule has 1 N–H and O–H groups in total. The summed E-state index contributed by atoms with van der Waals surface area (Å²) < 4.78 is 24.0. The van der Waals surface area contributed by atoms with Crippen molar-refractivity contribution in [2.75, 3.05) is 46.5 Å². The molecule has 6 nitrogen and oxygen atoms in total. The molecule has 0 spiro atoms. The van der Waals surface area contributed by atoms with E-state index in [2.05, 4.69) is 15.2 Å². The highest BCUT2D eigenvalue weighted by atomic mass is 19.1. The molecule has 1 aliphatic heterocycles. The van der Waals surface area contributed by atoms with E-state index in [4.69, 9.17) is 9.47 Å². The normalized spacial score (nSPS) is 15.5. The van der Waals surface area contributed by atoms with E-state index in [0.29, 0.717) is 13.2 Å². The van der Waals surface area contributed by atoms with Crippen LogP contribution in [0, 0.1) is 5.82 Å². The van der Waals surface area contributed by atoms with Gasteiger partial charge in [-0.1, -0.05) is 12.1 Å². The van der Waals surface area contributed by atoms with Crippen LogP contribution in [0.1, 0.15) is 23.2 Å². The molecule has 0 unspecified atom stereocenters. The van der Waals surface area contributed by atoms with E-state index in [-0.39, 0.29) is 18.2 Å². The number of benzene rings is 1. The Labute approximate surface area is 141 Å². The van der Waals surface area contributed by atoms with E-state index >= 15 is 0 Å². The molecule has 7 heteroatoms. The zero-order valence-electron chi connectivity index (χ0n) is 14.0. The Morgan fingerprint density at radius 3 is 2.75 bits per heavy atom. The van der Waals surface area contributed by atoms with Crippen LogP contribution < -0.4 is 5.32 Å². The largest absolute Gasteiger partial charge is 0.463 e. The summed E-state index contributed by atoms with van der Waals surface area (Å²) in [7, 11) is 1.56. The minimum atomic E-state index is -0.580. The van der Waals surface area contributed by atoms with Gasteiger partial charge in [0.1, 0.15) is 12.4 Å². The number of nitrogens with zero attached hydrogens (tertiary/aromatic N) is 2. The molecule has 1 aromatic rings. The SMILES string of the molecule is COCCOC(=NCCN1CCCC1)NC(=O)c1ccccc1F. The van der Waals surface area contributed by atoms with E-state index in [0.717, 1.165) is 19.6 Å². The first kappa shape index (κ1) is 18.4. The van der Waals surface area contributed by atoms with Gasteiger partial charge in [-0.15, -0.1) is 0 Å². The molecule has 0 aromatic heterocycles. The Balaban J connectivity index is 1.93. The second kappa shape index (κ2) is 10.00. The van der Waals surface area contributed by atoms with Crippen molar-refractivity contribution in [3.8, 4) is 0 Å². The molecular formula is C17H24FN3O3. The van der Waals surface area contributed by atoms with E-state index in [1.165, 1.54) is 31.0 Å². The summed E-state index contributed by atoms with van der Waals surface area (Å²) in [4.78, 5) is 18.8. The van der Waals surface area contributed by atoms with Crippen molar-refractivity contribution in [2.45, 2.75) is 12.8 Å². The van der Waals surface area contributed by atoms with Crippen LogP contribution in [0.25, 0.3) is 0 Å². The van der Waals surface area contributed by atoms with E-state index < -0.39 is 11.7 Å². The summed E-state index contributed by atoms with van der Waals surface area (Å²) >= 11 is 0. The molecule has 1 heterocycles. The van der Waals surface area contributed by atoms with Crippen LogP contribution in [0.15, 0.2) is 29.3 Å². The fourth-order valence-corrected chi connectivity index (χ4v) is 2.45. The van der Waals surface area contributed by atoms with Gasteiger partial charge in [0.05, 0.1) is 18.7 Å². The van der Waals surface area contributed by atoms with Crippen molar-refractivity contribution < 1.29 is 18.7 Å². The first-order chi connectivity index (χ1) is 11.7. The predicted molar refractivity (Wildman–Crippen MR) is 89.7 cm³/mol. The van der Waals surface area contributed by atoms with Gasteiger partial charge >= 0.3 is 0 Å². The summed E-state index contributed by atoms with van der Waals surface area (Å²) in [6.45, 7) is 4.12. The molecule has 1 aliphatic rings. The smallest absolute Gasteiger partial charge is 0.291 e. The molecule has 24 heavy (non-hydrogen) atoms. The van der Waals surface area contributed by atoms with Gasteiger partial charge in [0, 0.05) is 13.7 Å². The Hall–Kier alpha value is -1.99. The third-order valence-electron chi connectivity index (χ3n) is 3.74. The van der Waals surface area contributed by atoms with Crippen LogP contribution >= 0.6 is 0 Å². The Morgan fingerprint density at radius 2 is 2.04 bits per heavy atom. The number of hydrogen-bond acceptors (Lipinski definition) is 5. The first-order valence-corrected chi connectivity index (χ1v) is 8.15. The number of amides is 1. The van der Waals surface area contributed by atoms with Crippen LogP contribution in [-0.2, 0) is 9.47 Å². The molecule has 0 atom stereocenters. The number of methoxy groups -OCH3 is 1. The summed E-state index contributed by atoms with van der Waals surface area (Å²) in [5.41, 5.74) is -0.0416. The van der Waals surface area contributed by atoms with Gasteiger partial charge in [-0.05, 0) is 38.1 Å². The number of carbonyl (C=O) groups excluding carboxylic acids is 1. The van der Waals surface area contributed by atoms with Crippen LogP contribution in [0.4, 0.5) is 4.39 Å². The minimum absolute atomic E-state index is 0.0416. The van der Waals surface area contributed by atoms with E-state index in [1.807, 2.05) is 0 Å². The van der Waals surface area contributed by atoms with Gasteiger partial charge in [-0.2, -0.15) is 0 Å². The second-order valence-corrected chi connectivity index (χ2v) is 5.51. The maximum Gasteiger partial charge on any atom is 0.291 e. The molecule has 0 saturated carbocycles. The molecule has 1 amide bonds. The summed E-state index contributed by atoms with van der Waals surface area (Å²) in [5, 5.41) is 2.53. The van der Waals surface area contributed by atoms with Crippen molar-refractivity contribution in [1.82, 2.24) is 10.2 Å². The van der Waals surface area contributed by atoms with Crippen molar-refractivity contribution >= 4 is 11.9 Å². The average Bonchev–Trinajstić information content (AvgIpc) is 3.08. The third kappa shape index (κ3) is 5.90. The van der Waals surface area contributed by atoms with Gasteiger partial charge < -0.3 is 14.4 Å². The van der Waals surface area contributed by atoms with Gasteiger partial charge in [-0.3, -0.25) is 10.1 Å². The van der Waals surface area contributed by atoms with Gasteiger partial charge in [0.2, 0.25) is 0 Å². The number of likely N-dealkylation sites (tertiary alicyclic amines) is 1. The second-order valence-electron chi connectivity index (χ2n) is 5.51. The van der Waals surface area contributed by atoms with E-state index in [1.54, 1.807) is 13.2 Å². The molecule has 2 rings (SSSR count). The van der Waals surface area contributed by atoms with Crippen LogP contribution in [0.3, 0.4) is 0 Å². The van der Waals surface area contributed by atoms with Gasteiger partial charge in [0.15, 0.2) is 0 Å². The zero-order valence-corrected chi connectivity index (χ0v) is 14.0. The lowest BCUT2D eigenvalue weighted by Crippen LogP contribution is -2.34. The number of carbonyl (C=O) groups is 1. The highest BCUT2D eigenvalue weighted by Gasteiger charge is 2.15. The quantitative estimate of drug-likeness (QED) is 0.467. The molecule has 1 fully saturated rings. The Kier molecular flexibility index (Phi) is 7.64. The average molecular weight is 337 g/mol. The van der Waals surface area contributed by atoms with Crippen molar-refractivity contribution in [1.29, 1.82) is 0 Å². The maximum absolute atomic E-state index is 13.7. The molecule has 132 valence electrons. The number of aliphatic imine (C=N–C) groups is 1. The van der Waals surface area contributed by atoms with Crippen molar-refractivity contribution in [3.05, 3.63) is 35.6 Å². The van der Waals surface area contributed by atoms with Crippen molar-refractivity contribution in [3.63, 3.8) is 0 Å². The molecule has 1 saturated heterocycles. The van der Waals surface area contributed by atoms with Crippen LogP contribution in [0.2, 0.25) is 0 Å². The highest BCUT2D eigenvalue weighted by molar-refractivity contribution is 6.04. The Bertz CT molecular complexity index is 560. The predicted octanol–water partition coefficient (Wildman–Crippen LogP) is 1.67. The topological polar surface area (TPSA) is 63.2 Å². The summed E-state index contributed by atoms with van der Waals surface area (Å²) in [6, 6.07) is 5.90. The number of amidine groups is 1. The maximum atomic E-state index is 13.7. The number of ether oxygens (including phenoxy) is 2. The molecule has 1 aromatic carbocycles. The molecular weight excluding hydrogens is 313 g/mol. The fraction of sp³-hybridized carbons (Fsp3) is 0.529. The first-order valence-electron chi connectivity index (χ1n) is 8.15. The van der Waals surface area contributed by atoms with Crippen molar-refractivity contribution in [2.24, 2.45) is 4.99 Å². The zero-order chi connectivity index (χ0) is 17.2. The fourth-order valence-electron chi connectivity index (χ4n) is 2.45. The van der Waals surface area contributed by atoms with Gasteiger partial charge in [-0.25, -0.2) is 9.38 Å². The highest BCUT2D eigenvalue weighted by Crippen LogP contribution is 2.07. The van der Waals surface area contributed by atoms with Crippen LogP contribution in [-0.4, -0.2) is 63.3 Å².